The molecule has 2 aromatic heterocycles. The van der Waals surface area contributed by atoms with Crippen molar-refractivity contribution in [3.8, 4) is 0 Å². The number of amides is 1. The number of nitrogens with zero attached hydrogens (tertiary/aromatic N) is 3. The number of fused-ring (bicyclic) bond motifs is 1. The SMILES string of the molecule is O=C(CCn1nc2ccccn2c1=O)NC1(C(=O)O)CCCCCC1. The molecule has 8 heteroatoms. The third kappa shape index (κ3) is 3.57. The average Bonchev–Trinajstić information content (AvgIpc) is 2.76. The van der Waals surface area contributed by atoms with Crippen LogP contribution in [0.25, 0.3) is 5.65 Å². The Morgan fingerprint density at radius 2 is 1.92 bits per heavy atom. The average molecular weight is 346 g/mol. The Hall–Kier alpha value is -2.64. The van der Waals surface area contributed by atoms with Gasteiger partial charge in [-0.2, -0.15) is 0 Å². The van der Waals surface area contributed by atoms with Crippen molar-refractivity contribution in [1.29, 1.82) is 0 Å². The second-order valence-electron chi connectivity index (χ2n) is 6.53. The highest BCUT2D eigenvalue weighted by Crippen LogP contribution is 2.27. The van der Waals surface area contributed by atoms with Crippen LogP contribution in [0.15, 0.2) is 29.2 Å². The van der Waals surface area contributed by atoms with E-state index in [1.54, 1.807) is 24.4 Å². The molecular weight excluding hydrogens is 324 g/mol. The van der Waals surface area contributed by atoms with Gasteiger partial charge in [-0.15, -0.1) is 5.10 Å². The van der Waals surface area contributed by atoms with E-state index < -0.39 is 11.5 Å². The van der Waals surface area contributed by atoms with E-state index in [0.29, 0.717) is 18.5 Å². The summed E-state index contributed by atoms with van der Waals surface area (Å²) in [4.78, 5) is 36.2. The van der Waals surface area contributed by atoms with E-state index in [0.717, 1.165) is 25.7 Å². The van der Waals surface area contributed by atoms with Crippen LogP contribution in [-0.2, 0) is 16.1 Å². The molecule has 2 N–H and O–H groups in total. The number of carbonyl (C=O) groups excluding carboxylic acids is 1. The molecule has 0 unspecified atom stereocenters. The van der Waals surface area contributed by atoms with E-state index in [-0.39, 0.29) is 24.6 Å². The van der Waals surface area contributed by atoms with Crippen molar-refractivity contribution in [2.45, 2.75) is 57.0 Å². The minimum Gasteiger partial charge on any atom is -0.480 e. The van der Waals surface area contributed by atoms with Crippen LogP contribution in [0.3, 0.4) is 0 Å². The number of hydrogen-bond donors (Lipinski definition) is 2. The van der Waals surface area contributed by atoms with Crippen LogP contribution >= 0.6 is 0 Å². The quantitative estimate of drug-likeness (QED) is 0.791. The van der Waals surface area contributed by atoms with Crippen molar-refractivity contribution < 1.29 is 14.7 Å². The number of aryl methyl sites for hydroxylation is 1. The maximum atomic E-state index is 12.3. The number of aromatic nitrogens is 3. The first-order chi connectivity index (χ1) is 12.0. The summed E-state index contributed by atoms with van der Waals surface area (Å²) in [6.07, 6.45) is 6.08. The highest BCUT2D eigenvalue weighted by Gasteiger charge is 2.39. The van der Waals surface area contributed by atoms with Gasteiger partial charge in [-0.05, 0) is 25.0 Å². The molecule has 8 nitrogen and oxygen atoms in total. The van der Waals surface area contributed by atoms with Crippen LogP contribution in [0.2, 0.25) is 0 Å². The number of pyridine rings is 1. The van der Waals surface area contributed by atoms with E-state index in [1.165, 1.54) is 9.08 Å². The molecule has 2 aromatic rings. The largest absolute Gasteiger partial charge is 0.480 e. The Bertz CT molecular complexity index is 831. The lowest BCUT2D eigenvalue weighted by molar-refractivity contribution is -0.148. The first-order valence-corrected chi connectivity index (χ1v) is 8.60. The summed E-state index contributed by atoms with van der Waals surface area (Å²) < 4.78 is 2.64. The second-order valence-corrected chi connectivity index (χ2v) is 6.53. The molecule has 1 amide bonds. The topological polar surface area (TPSA) is 106 Å². The van der Waals surface area contributed by atoms with Crippen LogP contribution in [-0.4, -0.2) is 36.7 Å². The molecule has 0 aromatic carbocycles. The summed E-state index contributed by atoms with van der Waals surface area (Å²) in [7, 11) is 0. The van der Waals surface area contributed by atoms with Crippen LogP contribution < -0.4 is 11.0 Å². The number of hydrogen-bond acceptors (Lipinski definition) is 4. The van der Waals surface area contributed by atoms with Gasteiger partial charge in [0, 0.05) is 12.6 Å². The molecular formula is C17H22N4O4. The zero-order valence-corrected chi connectivity index (χ0v) is 14.0. The van der Waals surface area contributed by atoms with Gasteiger partial charge in [0.1, 0.15) is 5.54 Å². The molecule has 1 saturated carbocycles. The van der Waals surface area contributed by atoms with Crippen LogP contribution in [0.5, 0.6) is 0 Å². The fourth-order valence-corrected chi connectivity index (χ4v) is 3.38. The number of carboxylic acids is 1. The van der Waals surface area contributed by atoms with Gasteiger partial charge in [0.25, 0.3) is 0 Å². The Morgan fingerprint density at radius 1 is 1.20 bits per heavy atom. The molecule has 0 saturated heterocycles. The first kappa shape index (κ1) is 17.2. The maximum Gasteiger partial charge on any atom is 0.350 e. The fraction of sp³-hybridized carbons (Fsp3) is 0.529. The third-order valence-corrected chi connectivity index (χ3v) is 4.78. The normalized spacial score (nSPS) is 17.1. The minimum atomic E-state index is -1.18. The third-order valence-electron chi connectivity index (χ3n) is 4.78. The Balaban J connectivity index is 1.68. The first-order valence-electron chi connectivity index (χ1n) is 8.60. The lowest BCUT2D eigenvalue weighted by Crippen LogP contribution is -2.54. The summed E-state index contributed by atoms with van der Waals surface area (Å²) in [6, 6.07) is 5.22. The molecule has 0 spiro atoms. The van der Waals surface area contributed by atoms with Gasteiger partial charge in [0.05, 0.1) is 6.54 Å². The number of aliphatic carboxylic acids is 1. The molecule has 1 fully saturated rings. The molecule has 0 atom stereocenters. The fourth-order valence-electron chi connectivity index (χ4n) is 3.38. The summed E-state index contributed by atoms with van der Waals surface area (Å²) in [5.41, 5.74) is -0.984. The van der Waals surface area contributed by atoms with Gasteiger partial charge in [0.15, 0.2) is 5.65 Å². The molecule has 25 heavy (non-hydrogen) atoms. The predicted molar refractivity (Wildman–Crippen MR) is 90.3 cm³/mol. The van der Waals surface area contributed by atoms with Gasteiger partial charge in [-0.25, -0.2) is 14.3 Å². The van der Waals surface area contributed by atoms with Crippen LogP contribution in [0.4, 0.5) is 0 Å². The zero-order chi connectivity index (χ0) is 17.9. The number of carbonyl (C=O) groups is 2. The maximum absolute atomic E-state index is 12.3. The van der Waals surface area contributed by atoms with Gasteiger partial charge in [-0.3, -0.25) is 9.20 Å². The minimum absolute atomic E-state index is 0.0127. The summed E-state index contributed by atoms with van der Waals surface area (Å²) in [6.45, 7) is 0.113. The van der Waals surface area contributed by atoms with E-state index in [1.807, 2.05) is 0 Å². The number of carboxylic acid groups (broad SMARTS) is 1. The summed E-state index contributed by atoms with van der Waals surface area (Å²) >= 11 is 0. The van der Waals surface area contributed by atoms with Crippen molar-refractivity contribution in [2.75, 3.05) is 0 Å². The standard InChI is InChI=1S/C17H22N4O4/c22-14(18-17(15(23)24)9-4-1-2-5-10-17)8-12-21-16(25)20-11-6-3-7-13(20)19-21/h3,6-7,11H,1-2,4-5,8-10,12H2,(H,18,22)(H,23,24). The second kappa shape index (κ2) is 7.08. The van der Waals surface area contributed by atoms with Crippen molar-refractivity contribution >= 4 is 17.5 Å². The zero-order valence-electron chi connectivity index (χ0n) is 14.0. The molecule has 0 bridgehead atoms. The smallest absolute Gasteiger partial charge is 0.350 e. The van der Waals surface area contributed by atoms with Crippen molar-refractivity contribution in [1.82, 2.24) is 19.5 Å². The molecule has 1 aliphatic rings. The predicted octanol–water partition coefficient (Wildman–Crippen LogP) is 1.18. The molecule has 0 aliphatic heterocycles. The van der Waals surface area contributed by atoms with Gasteiger partial charge in [0.2, 0.25) is 5.91 Å². The molecule has 1 aliphatic carbocycles. The lowest BCUT2D eigenvalue weighted by Gasteiger charge is -2.29. The number of rotatable bonds is 5. The summed E-state index contributed by atoms with van der Waals surface area (Å²) in [5, 5.41) is 16.5. The molecule has 0 radical (unpaired) electrons. The summed E-state index contributed by atoms with van der Waals surface area (Å²) in [5.74, 6) is -1.35. The number of nitrogens with one attached hydrogen (secondary N) is 1. The molecule has 2 heterocycles. The molecule has 3 rings (SSSR count). The van der Waals surface area contributed by atoms with Gasteiger partial charge < -0.3 is 10.4 Å². The monoisotopic (exact) mass is 346 g/mol. The van der Waals surface area contributed by atoms with E-state index >= 15 is 0 Å². The van der Waals surface area contributed by atoms with Crippen molar-refractivity contribution in [2.24, 2.45) is 0 Å². The highest BCUT2D eigenvalue weighted by atomic mass is 16.4. The van der Waals surface area contributed by atoms with E-state index in [9.17, 15) is 19.5 Å². The highest BCUT2D eigenvalue weighted by molar-refractivity contribution is 5.87. The van der Waals surface area contributed by atoms with Gasteiger partial charge in [-0.1, -0.05) is 31.7 Å². The Morgan fingerprint density at radius 3 is 2.56 bits per heavy atom. The van der Waals surface area contributed by atoms with Crippen LogP contribution in [0.1, 0.15) is 44.9 Å². The van der Waals surface area contributed by atoms with Gasteiger partial charge >= 0.3 is 11.7 Å². The van der Waals surface area contributed by atoms with Crippen molar-refractivity contribution in [3.63, 3.8) is 0 Å². The Kier molecular flexibility index (Phi) is 4.87. The molecule has 134 valence electrons. The van der Waals surface area contributed by atoms with E-state index in [4.69, 9.17) is 0 Å². The van der Waals surface area contributed by atoms with E-state index in [2.05, 4.69) is 10.4 Å². The Labute approximate surface area is 144 Å². The van der Waals surface area contributed by atoms with Crippen LogP contribution in [0, 0.1) is 0 Å². The van der Waals surface area contributed by atoms with Crippen molar-refractivity contribution in [3.05, 3.63) is 34.9 Å². The lowest BCUT2D eigenvalue weighted by atomic mass is 9.90.